The fourth-order valence-electron chi connectivity index (χ4n) is 4.50. The van der Waals surface area contributed by atoms with Gasteiger partial charge in [0.15, 0.2) is 11.3 Å². The highest BCUT2D eigenvalue weighted by atomic mass is 16.5. The largest absolute Gasteiger partial charge is 0.497 e. The number of aryl methyl sites for hydroxylation is 2. The molecule has 2 aromatic carbocycles. The molecule has 0 spiro atoms. The third-order valence-electron chi connectivity index (χ3n) is 6.43. The number of hydrogen-bond donors (Lipinski definition) is 0. The van der Waals surface area contributed by atoms with Crippen molar-refractivity contribution in [2.45, 2.75) is 20.4 Å². The third-order valence-corrected chi connectivity index (χ3v) is 6.43. The maximum Gasteiger partial charge on any atom is 0.276 e. The van der Waals surface area contributed by atoms with Gasteiger partial charge in [0.05, 0.1) is 24.1 Å². The molecule has 0 radical (unpaired) electrons. The van der Waals surface area contributed by atoms with Crippen molar-refractivity contribution in [3.05, 3.63) is 77.2 Å². The number of hydrogen-bond acceptors (Lipinski definition) is 6. The first kappa shape index (κ1) is 22.0. The van der Waals surface area contributed by atoms with Crippen molar-refractivity contribution in [2.24, 2.45) is 0 Å². The van der Waals surface area contributed by atoms with Crippen molar-refractivity contribution < 1.29 is 9.53 Å². The van der Waals surface area contributed by atoms with Gasteiger partial charge in [-0.3, -0.25) is 9.69 Å². The molecule has 1 amide bonds. The van der Waals surface area contributed by atoms with Gasteiger partial charge < -0.3 is 9.64 Å². The van der Waals surface area contributed by atoms with Crippen LogP contribution in [0.2, 0.25) is 0 Å². The highest BCUT2D eigenvalue weighted by Gasteiger charge is 2.27. The first-order valence-corrected chi connectivity index (χ1v) is 11.5. The van der Waals surface area contributed by atoms with E-state index < -0.39 is 0 Å². The molecule has 2 aromatic heterocycles. The normalized spacial score (nSPS) is 14.5. The van der Waals surface area contributed by atoms with Gasteiger partial charge in [0, 0.05) is 32.7 Å². The Hall–Kier alpha value is -3.78. The van der Waals surface area contributed by atoms with E-state index in [1.54, 1.807) is 11.6 Å². The van der Waals surface area contributed by atoms with E-state index >= 15 is 0 Å². The summed E-state index contributed by atoms with van der Waals surface area (Å²) in [5, 5.41) is 13.5. The SMILES string of the molecule is COc1ccc(-c2c(C)nn3c(C)c(C(=O)N4CCN(Cc5ccccc5)CC4)nnc23)cc1. The molecule has 0 unspecified atom stereocenters. The lowest BCUT2D eigenvalue weighted by atomic mass is 10.1. The van der Waals surface area contributed by atoms with E-state index in [9.17, 15) is 4.79 Å². The summed E-state index contributed by atoms with van der Waals surface area (Å²) in [5.41, 5.74) is 5.71. The predicted octanol–water partition coefficient (Wildman–Crippen LogP) is 3.37. The van der Waals surface area contributed by atoms with Gasteiger partial charge in [-0.1, -0.05) is 42.5 Å². The minimum Gasteiger partial charge on any atom is -0.497 e. The second-order valence-corrected chi connectivity index (χ2v) is 8.61. The van der Waals surface area contributed by atoms with Gasteiger partial charge in [-0.25, -0.2) is 4.52 Å². The summed E-state index contributed by atoms with van der Waals surface area (Å²) in [5.74, 6) is 0.697. The van der Waals surface area contributed by atoms with Crippen LogP contribution in [0.3, 0.4) is 0 Å². The van der Waals surface area contributed by atoms with Gasteiger partial charge in [-0.05, 0) is 37.1 Å². The summed E-state index contributed by atoms with van der Waals surface area (Å²) >= 11 is 0. The van der Waals surface area contributed by atoms with Crippen LogP contribution in [0.5, 0.6) is 5.75 Å². The molecule has 1 aliphatic heterocycles. The van der Waals surface area contributed by atoms with Gasteiger partial charge in [0.1, 0.15) is 5.75 Å². The predicted molar refractivity (Wildman–Crippen MR) is 130 cm³/mol. The fraction of sp³-hybridized carbons (Fsp3) is 0.308. The molecule has 3 heterocycles. The highest BCUT2D eigenvalue weighted by molar-refractivity contribution is 5.93. The average Bonchev–Trinajstić information content (AvgIpc) is 3.22. The number of benzene rings is 2. The molecule has 0 saturated carbocycles. The van der Waals surface area contributed by atoms with Gasteiger partial charge in [-0.2, -0.15) is 5.10 Å². The molecule has 1 saturated heterocycles. The second-order valence-electron chi connectivity index (χ2n) is 8.61. The summed E-state index contributed by atoms with van der Waals surface area (Å²) < 4.78 is 7.00. The lowest BCUT2D eigenvalue weighted by Gasteiger charge is -2.34. The average molecular weight is 457 g/mol. The number of fused-ring (bicyclic) bond motifs is 1. The standard InChI is InChI=1S/C26H28N6O2/c1-18-23(21-9-11-22(34-3)12-10-21)25-28-27-24(19(2)32(25)29-18)26(33)31-15-13-30(14-16-31)17-20-7-5-4-6-8-20/h4-12H,13-17H2,1-3H3. The Kier molecular flexibility index (Phi) is 5.98. The number of piperazine rings is 1. The molecule has 174 valence electrons. The molecule has 8 heteroatoms. The number of rotatable bonds is 5. The number of amides is 1. The summed E-state index contributed by atoms with van der Waals surface area (Å²) in [6, 6.07) is 18.2. The summed E-state index contributed by atoms with van der Waals surface area (Å²) in [6.45, 7) is 7.72. The lowest BCUT2D eigenvalue weighted by Crippen LogP contribution is -2.48. The Balaban J connectivity index is 1.35. The Morgan fingerprint density at radius 3 is 2.32 bits per heavy atom. The lowest BCUT2D eigenvalue weighted by molar-refractivity contribution is 0.0620. The number of ether oxygens (including phenoxy) is 1. The van der Waals surface area contributed by atoms with Crippen LogP contribution in [0.4, 0.5) is 0 Å². The van der Waals surface area contributed by atoms with Crippen LogP contribution in [0.1, 0.15) is 27.4 Å². The van der Waals surface area contributed by atoms with Crippen molar-refractivity contribution in [3.63, 3.8) is 0 Å². The first-order valence-electron chi connectivity index (χ1n) is 11.5. The first-order chi connectivity index (χ1) is 16.5. The molecule has 0 N–H and O–H groups in total. The van der Waals surface area contributed by atoms with Crippen LogP contribution in [-0.4, -0.2) is 68.8 Å². The number of carbonyl (C=O) groups excluding carboxylic acids is 1. The van der Waals surface area contributed by atoms with Crippen molar-refractivity contribution >= 4 is 11.6 Å². The van der Waals surface area contributed by atoms with Gasteiger partial charge in [0.25, 0.3) is 5.91 Å². The van der Waals surface area contributed by atoms with E-state index in [0.717, 1.165) is 42.2 Å². The number of aromatic nitrogens is 4. The fourth-order valence-corrected chi connectivity index (χ4v) is 4.50. The van der Waals surface area contributed by atoms with Crippen LogP contribution in [0.25, 0.3) is 16.8 Å². The summed E-state index contributed by atoms with van der Waals surface area (Å²) in [6.07, 6.45) is 0. The molecule has 8 nitrogen and oxygen atoms in total. The summed E-state index contributed by atoms with van der Waals surface area (Å²) in [7, 11) is 1.64. The molecular formula is C26H28N6O2. The van der Waals surface area contributed by atoms with Crippen LogP contribution in [-0.2, 0) is 6.54 Å². The van der Waals surface area contributed by atoms with E-state index in [1.807, 2.05) is 49.1 Å². The highest BCUT2D eigenvalue weighted by Crippen LogP contribution is 2.29. The molecule has 0 aliphatic carbocycles. The van der Waals surface area contributed by atoms with Crippen LogP contribution < -0.4 is 4.74 Å². The van der Waals surface area contributed by atoms with E-state index in [-0.39, 0.29) is 5.91 Å². The van der Waals surface area contributed by atoms with Crippen molar-refractivity contribution in [3.8, 4) is 16.9 Å². The number of carbonyl (C=O) groups is 1. The van der Waals surface area contributed by atoms with E-state index in [0.29, 0.717) is 30.1 Å². The number of nitrogens with zero attached hydrogens (tertiary/aromatic N) is 6. The quantitative estimate of drug-likeness (QED) is 0.458. The Bertz CT molecular complexity index is 1310. The second kappa shape index (κ2) is 9.23. The zero-order valence-corrected chi connectivity index (χ0v) is 19.7. The Morgan fingerprint density at radius 1 is 0.941 bits per heavy atom. The van der Waals surface area contributed by atoms with E-state index in [2.05, 4.69) is 44.5 Å². The molecule has 4 aromatic rings. The van der Waals surface area contributed by atoms with Gasteiger partial charge >= 0.3 is 0 Å². The molecular weight excluding hydrogens is 428 g/mol. The molecule has 1 fully saturated rings. The molecule has 0 atom stereocenters. The Labute approximate surface area is 198 Å². The monoisotopic (exact) mass is 456 g/mol. The van der Waals surface area contributed by atoms with Crippen LogP contribution >= 0.6 is 0 Å². The Morgan fingerprint density at radius 2 is 1.65 bits per heavy atom. The molecule has 5 rings (SSSR count). The van der Waals surface area contributed by atoms with Crippen molar-refractivity contribution in [2.75, 3.05) is 33.3 Å². The number of methoxy groups -OCH3 is 1. The van der Waals surface area contributed by atoms with E-state index in [1.165, 1.54) is 5.56 Å². The molecule has 34 heavy (non-hydrogen) atoms. The van der Waals surface area contributed by atoms with Gasteiger partial charge in [0.2, 0.25) is 0 Å². The minimum atomic E-state index is -0.0922. The summed E-state index contributed by atoms with van der Waals surface area (Å²) in [4.78, 5) is 17.6. The topological polar surface area (TPSA) is 75.9 Å². The van der Waals surface area contributed by atoms with Crippen LogP contribution in [0, 0.1) is 13.8 Å². The third kappa shape index (κ3) is 4.12. The van der Waals surface area contributed by atoms with Crippen molar-refractivity contribution in [1.82, 2.24) is 29.6 Å². The minimum absolute atomic E-state index is 0.0922. The van der Waals surface area contributed by atoms with Crippen molar-refractivity contribution in [1.29, 1.82) is 0 Å². The maximum absolute atomic E-state index is 13.3. The maximum atomic E-state index is 13.3. The zero-order chi connectivity index (χ0) is 23.7. The molecule has 0 bridgehead atoms. The smallest absolute Gasteiger partial charge is 0.276 e. The van der Waals surface area contributed by atoms with E-state index in [4.69, 9.17) is 4.74 Å². The molecule has 1 aliphatic rings. The zero-order valence-electron chi connectivity index (χ0n) is 19.7. The van der Waals surface area contributed by atoms with Crippen LogP contribution in [0.15, 0.2) is 54.6 Å². The van der Waals surface area contributed by atoms with Gasteiger partial charge in [-0.15, -0.1) is 10.2 Å².